The molecule has 0 radical (unpaired) electrons. The van der Waals surface area contributed by atoms with Crippen molar-refractivity contribution in [1.29, 1.82) is 0 Å². The molecule has 34 heavy (non-hydrogen) atoms. The maximum atomic E-state index is 12.4. The Morgan fingerprint density at radius 1 is 0.941 bits per heavy atom. The zero-order valence-electron chi connectivity index (χ0n) is 19.8. The summed E-state index contributed by atoms with van der Waals surface area (Å²) in [5.74, 6) is 2.44. The molecule has 3 aromatic carbocycles. The van der Waals surface area contributed by atoms with Gasteiger partial charge in [0.15, 0.2) is 11.5 Å². The molecule has 0 spiro atoms. The van der Waals surface area contributed by atoms with Crippen LogP contribution in [0.3, 0.4) is 0 Å². The zero-order chi connectivity index (χ0) is 23.8. The maximum absolute atomic E-state index is 12.4. The summed E-state index contributed by atoms with van der Waals surface area (Å²) in [6.45, 7) is 4.01. The number of nitrogens with zero attached hydrogens (tertiary/aromatic N) is 2. The van der Waals surface area contributed by atoms with Crippen molar-refractivity contribution in [3.05, 3.63) is 89.7 Å². The Morgan fingerprint density at radius 3 is 2.47 bits per heavy atom. The van der Waals surface area contributed by atoms with Gasteiger partial charge in [0.05, 0.1) is 24.8 Å². The smallest absolute Gasteiger partial charge is 0.251 e. The van der Waals surface area contributed by atoms with Gasteiger partial charge >= 0.3 is 0 Å². The number of unbranched alkanes of at least 4 members (excludes halogenated alkanes) is 1. The standard InChI is InChI=1S/C28H31N3O3/c1-21-13-15-22(16-14-21)28(32)29-18-17-27-30-23-9-3-4-10-24(23)31(27)19-7-8-20-34-26-12-6-5-11-25(26)33-2/h3-6,9-16H,7-8,17-20H2,1-2H3,(H,29,32). The normalized spacial score (nSPS) is 10.9. The van der Waals surface area contributed by atoms with Crippen LogP contribution in [0.15, 0.2) is 72.8 Å². The van der Waals surface area contributed by atoms with Crippen molar-refractivity contribution < 1.29 is 14.3 Å². The Balaban J connectivity index is 1.33. The first-order valence-electron chi connectivity index (χ1n) is 11.7. The minimum Gasteiger partial charge on any atom is -0.493 e. The highest BCUT2D eigenvalue weighted by molar-refractivity contribution is 5.94. The second-order valence-electron chi connectivity index (χ2n) is 8.25. The number of rotatable bonds is 11. The first kappa shape index (κ1) is 23.4. The average Bonchev–Trinajstić information content (AvgIpc) is 3.21. The van der Waals surface area contributed by atoms with Crippen molar-refractivity contribution in [3.8, 4) is 11.5 Å². The second kappa shape index (κ2) is 11.4. The van der Waals surface area contributed by atoms with Crippen LogP contribution < -0.4 is 14.8 Å². The summed E-state index contributed by atoms with van der Waals surface area (Å²) < 4.78 is 13.5. The van der Waals surface area contributed by atoms with Crippen LogP contribution in [0.4, 0.5) is 0 Å². The van der Waals surface area contributed by atoms with E-state index >= 15 is 0 Å². The highest BCUT2D eigenvalue weighted by Crippen LogP contribution is 2.26. The Labute approximate surface area is 200 Å². The fourth-order valence-corrected chi connectivity index (χ4v) is 3.95. The molecule has 4 rings (SSSR count). The molecule has 0 saturated carbocycles. The largest absolute Gasteiger partial charge is 0.493 e. The van der Waals surface area contributed by atoms with Crippen molar-refractivity contribution in [1.82, 2.24) is 14.9 Å². The highest BCUT2D eigenvalue weighted by atomic mass is 16.5. The number of carbonyl (C=O) groups is 1. The number of hydrogen-bond donors (Lipinski definition) is 1. The summed E-state index contributed by atoms with van der Waals surface area (Å²) in [5, 5.41) is 3.02. The quantitative estimate of drug-likeness (QED) is 0.315. The van der Waals surface area contributed by atoms with Crippen LogP contribution in [0.5, 0.6) is 11.5 Å². The third-order valence-electron chi connectivity index (χ3n) is 5.78. The fourth-order valence-electron chi connectivity index (χ4n) is 3.95. The Kier molecular flexibility index (Phi) is 7.81. The van der Waals surface area contributed by atoms with Crippen molar-refractivity contribution in [2.24, 2.45) is 0 Å². The number of para-hydroxylation sites is 4. The number of benzene rings is 3. The molecule has 1 amide bonds. The molecular formula is C28H31N3O3. The lowest BCUT2D eigenvalue weighted by molar-refractivity contribution is 0.0954. The summed E-state index contributed by atoms with van der Waals surface area (Å²) in [4.78, 5) is 17.3. The van der Waals surface area contributed by atoms with E-state index < -0.39 is 0 Å². The number of methoxy groups -OCH3 is 1. The third-order valence-corrected chi connectivity index (χ3v) is 5.78. The van der Waals surface area contributed by atoms with Gasteiger partial charge in [0.1, 0.15) is 5.82 Å². The van der Waals surface area contributed by atoms with Crippen LogP contribution in [0, 0.1) is 6.92 Å². The van der Waals surface area contributed by atoms with Crippen LogP contribution in [0.1, 0.15) is 34.6 Å². The maximum Gasteiger partial charge on any atom is 0.251 e. The number of carbonyl (C=O) groups excluding carboxylic acids is 1. The van der Waals surface area contributed by atoms with E-state index in [9.17, 15) is 4.79 Å². The first-order valence-corrected chi connectivity index (χ1v) is 11.7. The molecule has 0 aliphatic carbocycles. The first-order chi connectivity index (χ1) is 16.7. The van der Waals surface area contributed by atoms with Gasteiger partial charge in [0, 0.05) is 25.1 Å². The summed E-state index contributed by atoms with van der Waals surface area (Å²) in [6.07, 6.45) is 2.54. The monoisotopic (exact) mass is 457 g/mol. The van der Waals surface area contributed by atoms with E-state index in [1.807, 2.05) is 73.7 Å². The van der Waals surface area contributed by atoms with Gasteiger partial charge < -0.3 is 19.4 Å². The van der Waals surface area contributed by atoms with Gasteiger partial charge in [-0.15, -0.1) is 0 Å². The number of ether oxygens (including phenoxy) is 2. The molecule has 0 aliphatic rings. The minimum absolute atomic E-state index is 0.0591. The van der Waals surface area contributed by atoms with E-state index in [-0.39, 0.29) is 5.91 Å². The molecule has 176 valence electrons. The number of fused-ring (bicyclic) bond motifs is 1. The van der Waals surface area contributed by atoms with Gasteiger partial charge in [-0.05, 0) is 56.2 Å². The number of aromatic nitrogens is 2. The van der Waals surface area contributed by atoms with E-state index in [0.717, 1.165) is 53.3 Å². The molecule has 1 heterocycles. The van der Waals surface area contributed by atoms with E-state index in [1.54, 1.807) is 7.11 Å². The molecule has 0 bridgehead atoms. The van der Waals surface area contributed by atoms with E-state index in [1.165, 1.54) is 0 Å². The molecule has 0 fully saturated rings. The van der Waals surface area contributed by atoms with Gasteiger partial charge in [-0.25, -0.2) is 4.98 Å². The minimum atomic E-state index is -0.0591. The molecular weight excluding hydrogens is 426 g/mol. The molecule has 6 nitrogen and oxygen atoms in total. The van der Waals surface area contributed by atoms with Crippen molar-refractivity contribution >= 4 is 16.9 Å². The molecule has 0 atom stereocenters. The molecule has 6 heteroatoms. The third kappa shape index (κ3) is 5.76. The van der Waals surface area contributed by atoms with Gasteiger partial charge in [-0.3, -0.25) is 4.79 Å². The van der Waals surface area contributed by atoms with Gasteiger partial charge in [-0.1, -0.05) is 42.0 Å². The Hall–Kier alpha value is -3.80. The number of imidazole rings is 1. The van der Waals surface area contributed by atoms with Crippen LogP contribution in [0.25, 0.3) is 11.0 Å². The Bertz CT molecular complexity index is 1230. The van der Waals surface area contributed by atoms with Gasteiger partial charge in [0.25, 0.3) is 5.91 Å². The lowest BCUT2D eigenvalue weighted by Crippen LogP contribution is -2.26. The predicted octanol–water partition coefficient (Wildman–Crippen LogP) is 5.19. The Morgan fingerprint density at radius 2 is 1.68 bits per heavy atom. The van der Waals surface area contributed by atoms with E-state index in [4.69, 9.17) is 14.5 Å². The fraction of sp³-hybridized carbons (Fsp3) is 0.286. The molecule has 4 aromatic rings. The molecule has 1 N–H and O–H groups in total. The van der Waals surface area contributed by atoms with E-state index in [2.05, 4.69) is 16.0 Å². The number of nitrogens with one attached hydrogen (secondary N) is 1. The summed E-state index contributed by atoms with van der Waals surface area (Å²) in [7, 11) is 1.65. The topological polar surface area (TPSA) is 65.4 Å². The highest BCUT2D eigenvalue weighted by Gasteiger charge is 2.11. The van der Waals surface area contributed by atoms with Crippen molar-refractivity contribution in [2.45, 2.75) is 32.7 Å². The lowest BCUT2D eigenvalue weighted by Gasteiger charge is -2.12. The van der Waals surface area contributed by atoms with Crippen LogP contribution in [-0.2, 0) is 13.0 Å². The zero-order valence-corrected chi connectivity index (χ0v) is 19.8. The molecule has 0 unspecified atom stereocenters. The average molecular weight is 458 g/mol. The molecule has 1 aromatic heterocycles. The van der Waals surface area contributed by atoms with Crippen LogP contribution in [-0.4, -0.2) is 35.7 Å². The number of aryl methyl sites for hydroxylation is 2. The van der Waals surface area contributed by atoms with Crippen molar-refractivity contribution in [3.63, 3.8) is 0 Å². The molecule has 0 aliphatic heterocycles. The summed E-state index contributed by atoms with van der Waals surface area (Å²) >= 11 is 0. The summed E-state index contributed by atoms with van der Waals surface area (Å²) in [5.41, 5.74) is 3.91. The summed E-state index contributed by atoms with van der Waals surface area (Å²) in [6, 6.07) is 23.5. The lowest BCUT2D eigenvalue weighted by atomic mass is 10.1. The van der Waals surface area contributed by atoms with Gasteiger partial charge in [0.2, 0.25) is 0 Å². The SMILES string of the molecule is COc1ccccc1OCCCCn1c(CCNC(=O)c2ccc(C)cc2)nc2ccccc21. The van der Waals surface area contributed by atoms with Crippen molar-refractivity contribution in [2.75, 3.05) is 20.3 Å². The number of amides is 1. The number of hydrogen-bond acceptors (Lipinski definition) is 4. The van der Waals surface area contributed by atoms with Gasteiger partial charge in [-0.2, -0.15) is 0 Å². The van der Waals surface area contributed by atoms with Crippen LogP contribution >= 0.6 is 0 Å². The predicted molar refractivity (Wildman–Crippen MR) is 135 cm³/mol. The van der Waals surface area contributed by atoms with Crippen LogP contribution in [0.2, 0.25) is 0 Å². The molecule has 0 saturated heterocycles. The second-order valence-corrected chi connectivity index (χ2v) is 8.25. The van der Waals surface area contributed by atoms with E-state index in [0.29, 0.717) is 25.1 Å².